The summed E-state index contributed by atoms with van der Waals surface area (Å²) in [7, 11) is -3.54. The second kappa shape index (κ2) is 5.63. The second-order valence-corrected chi connectivity index (χ2v) is 8.07. The Bertz CT molecular complexity index is 811. The van der Waals surface area contributed by atoms with Gasteiger partial charge in [0, 0.05) is 24.3 Å². The first-order valence-corrected chi connectivity index (χ1v) is 8.67. The first-order chi connectivity index (χ1) is 10.4. The third-order valence-corrected chi connectivity index (χ3v) is 4.76. The molecule has 2 aromatic rings. The maximum Gasteiger partial charge on any atom is 0.277 e. The molecule has 2 aromatic heterocycles. The molecule has 23 heavy (non-hydrogen) atoms. The standard InChI is InChI=1S/C14H17F2N3O3S/c1-13(2,14(3,15)16)8-10-18-12(22-19-10)11-9(23(4,20)21)6-5-7-17-11/h5-7H,8H2,1-4H3. The third kappa shape index (κ3) is 3.72. The fourth-order valence-corrected chi connectivity index (χ4v) is 2.64. The smallest absolute Gasteiger partial charge is 0.277 e. The summed E-state index contributed by atoms with van der Waals surface area (Å²) in [6, 6.07) is 2.84. The summed E-state index contributed by atoms with van der Waals surface area (Å²) >= 11 is 0. The molecule has 2 rings (SSSR count). The number of nitrogens with zero attached hydrogens (tertiary/aromatic N) is 3. The Morgan fingerprint density at radius 1 is 1.26 bits per heavy atom. The number of rotatable bonds is 5. The average molecular weight is 345 g/mol. The molecule has 0 bridgehead atoms. The lowest BCUT2D eigenvalue weighted by Gasteiger charge is -2.29. The fourth-order valence-electron chi connectivity index (χ4n) is 1.82. The molecule has 0 aliphatic rings. The van der Waals surface area contributed by atoms with Crippen LogP contribution < -0.4 is 0 Å². The Hall–Kier alpha value is -1.90. The highest BCUT2D eigenvalue weighted by molar-refractivity contribution is 7.90. The molecule has 0 aliphatic heterocycles. The summed E-state index contributed by atoms with van der Waals surface area (Å²) in [5.74, 6) is -2.98. The molecule has 0 saturated carbocycles. The van der Waals surface area contributed by atoms with Gasteiger partial charge in [0.15, 0.2) is 15.7 Å². The number of alkyl halides is 2. The molecule has 0 saturated heterocycles. The Kier molecular flexibility index (Phi) is 4.27. The SMILES string of the molecule is CC(F)(F)C(C)(C)Cc1noc(-c2ncccc2S(C)(=O)=O)n1. The summed E-state index contributed by atoms with van der Waals surface area (Å²) in [4.78, 5) is 7.91. The molecule has 0 aromatic carbocycles. The minimum Gasteiger partial charge on any atom is -0.332 e. The Balaban J connectivity index is 2.39. The van der Waals surface area contributed by atoms with E-state index in [1.807, 2.05) is 0 Å². The third-order valence-electron chi connectivity index (χ3n) is 3.63. The van der Waals surface area contributed by atoms with Crippen LogP contribution in [0.25, 0.3) is 11.6 Å². The highest BCUT2D eigenvalue weighted by Gasteiger charge is 2.43. The number of pyridine rings is 1. The first-order valence-electron chi connectivity index (χ1n) is 6.78. The summed E-state index contributed by atoms with van der Waals surface area (Å²) in [6.07, 6.45) is 2.30. The lowest BCUT2D eigenvalue weighted by molar-refractivity contribution is -0.0889. The van der Waals surface area contributed by atoms with Gasteiger partial charge in [-0.1, -0.05) is 19.0 Å². The molecule has 2 heterocycles. The van der Waals surface area contributed by atoms with Crippen LogP contribution in [0, 0.1) is 5.41 Å². The lowest BCUT2D eigenvalue weighted by Crippen LogP contribution is -2.35. The molecule has 0 radical (unpaired) electrons. The van der Waals surface area contributed by atoms with E-state index in [4.69, 9.17) is 4.52 Å². The van der Waals surface area contributed by atoms with Crippen molar-refractivity contribution < 1.29 is 21.7 Å². The molecule has 0 N–H and O–H groups in total. The second-order valence-electron chi connectivity index (χ2n) is 6.09. The molecule has 0 fully saturated rings. The van der Waals surface area contributed by atoms with Gasteiger partial charge in [-0.05, 0) is 19.1 Å². The Labute approximate surface area is 132 Å². The number of hydrogen-bond donors (Lipinski definition) is 0. The fraction of sp³-hybridized carbons (Fsp3) is 0.500. The Morgan fingerprint density at radius 2 is 1.91 bits per heavy atom. The number of sulfone groups is 1. The zero-order valence-electron chi connectivity index (χ0n) is 13.2. The first kappa shape index (κ1) is 17.5. The highest BCUT2D eigenvalue weighted by atomic mass is 32.2. The van der Waals surface area contributed by atoms with Crippen molar-refractivity contribution >= 4 is 9.84 Å². The quantitative estimate of drug-likeness (QED) is 0.828. The summed E-state index contributed by atoms with van der Waals surface area (Å²) in [6.45, 7) is 3.62. The van der Waals surface area contributed by atoms with Crippen LogP contribution in [0.1, 0.15) is 26.6 Å². The van der Waals surface area contributed by atoms with Crippen LogP contribution in [0.2, 0.25) is 0 Å². The molecule has 126 valence electrons. The molecule has 0 amide bonds. The van der Waals surface area contributed by atoms with Gasteiger partial charge in [0.05, 0.1) is 4.90 Å². The number of aromatic nitrogens is 3. The molecule has 0 spiro atoms. The molecular formula is C14H17F2N3O3S. The van der Waals surface area contributed by atoms with Crippen molar-refractivity contribution in [1.82, 2.24) is 15.1 Å². The van der Waals surface area contributed by atoms with Crippen LogP contribution >= 0.6 is 0 Å². The van der Waals surface area contributed by atoms with Crippen molar-refractivity contribution in [3.8, 4) is 11.6 Å². The van der Waals surface area contributed by atoms with Gasteiger partial charge in [-0.15, -0.1) is 0 Å². The van der Waals surface area contributed by atoms with Crippen molar-refractivity contribution in [3.63, 3.8) is 0 Å². The van der Waals surface area contributed by atoms with E-state index in [9.17, 15) is 17.2 Å². The monoisotopic (exact) mass is 345 g/mol. The Morgan fingerprint density at radius 3 is 2.48 bits per heavy atom. The van der Waals surface area contributed by atoms with Crippen molar-refractivity contribution in [3.05, 3.63) is 24.2 Å². The molecule has 9 heteroatoms. The van der Waals surface area contributed by atoms with Crippen LogP contribution in [0.5, 0.6) is 0 Å². The zero-order chi connectivity index (χ0) is 17.5. The topological polar surface area (TPSA) is 86.0 Å². The van der Waals surface area contributed by atoms with Gasteiger partial charge < -0.3 is 4.52 Å². The predicted molar refractivity (Wildman–Crippen MR) is 78.7 cm³/mol. The van der Waals surface area contributed by atoms with E-state index in [1.165, 1.54) is 32.2 Å². The molecule has 0 aliphatic carbocycles. The minimum atomic E-state index is -3.54. The van der Waals surface area contributed by atoms with Crippen LogP contribution in [-0.4, -0.2) is 35.7 Å². The lowest BCUT2D eigenvalue weighted by atomic mass is 9.83. The van der Waals surface area contributed by atoms with Crippen LogP contribution in [0.15, 0.2) is 27.7 Å². The van der Waals surface area contributed by atoms with Crippen molar-refractivity contribution in [1.29, 1.82) is 0 Å². The van der Waals surface area contributed by atoms with Gasteiger partial charge in [-0.2, -0.15) is 4.98 Å². The normalized spacial score (nSPS) is 13.3. The molecule has 0 unspecified atom stereocenters. The van der Waals surface area contributed by atoms with Gasteiger partial charge in [0.2, 0.25) is 0 Å². The summed E-state index contributed by atoms with van der Waals surface area (Å²) in [5, 5.41) is 3.66. The van der Waals surface area contributed by atoms with E-state index in [-0.39, 0.29) is 28.7 Å². The van der Waals surface area contributed by atoms with Crippen LogP contribution in [0.4, 0.5) is 8.78 Å². The van der Waals surface area contributed by atoms with Crippen molar-refractivity contribution in [2.45, 2.75) is 38.0 Å². The van der Waals surface area contributed by atoms with E-state index in [0.717, 1.165) is 13.2 Å². The average Bonchev–Trinajstić information content (AvgIpc) is 2.84. The minimum absolute atomic E-state index is 0.00909. The van der Waals surface area contributed by atoms with Crippen LogP contribution in [0.3, 0.4) is 0 Å². The molecular weight excluding hydrogens is 328 g/mol. The van der Waals surface area contributed by atoms with Crippen LogP contribution in [-0.2, 0) is 16.3 Å². The summed E-state index contributed by atoms with van der Waals surface area (Å²) in [5.41, 5.74) is -1.37. The number of halogens is 2. The largest absolute Gasteiger partial charge is 0.332 e. The maximum atomic E-state index is 13.6. The van der Waals surface area contributed by atoms with Gasteiger partial charge in [0.1, 0.15) is 5.69 Å². The number of hydrogen-bond acceptors (Lipinski definition) is 6. The zero-order valence-corrected chi connectivity index (χ0v) is 14.0. The highest BCUT2D eigenvalue weighted by Crippen LogP contribution is 2.38. The van der Waals surface area contributed by atoms with Gasteiger partial charge >= 0.3 is 0 Å². The van der Waals surface area contributed by atoms with E-state index in [1.54, 1.807) is 0 Å². The van der Waals surface area contributed by atoms with E-state index in [2.05, 4.69) is 15.1 Å². The van der Waals surface area contributed by atoms with Gasteiger partial charge in [-0.25, -0.2) is 22.2 Å². The van der Waals surface area contributed by atoms with Crippen molar-refractivity contribution in [2.24, 2.45) is 5.41 Å². The maximum absolute atomic E-state index is 13.6. The predicted octanol–water partition coefficient (Wildman–Crippen LogP) is 2.76. The van der Waals surface area contributed by atoms with E-state index in [0.29, 0.717) is 0 Å². The van der Waals surface area contributed by atoms with E-state index < -0.39 is 21.2 Å². The van der Waals surface area contributed by atoms with E-state index >= 15 is 0 Å². The van der Waals surface area contributed by atoms with Crippen molar-refractivity contribution in [2.75, 3.05) is 6.26 Å². The summed E-state index contributed by atoms with van der Waals surface area (Å²) < 4.78 is 55.7. The van der Waals surface area contributed by atoms with Gasteiger partial charge in [0.25, 0.3) is 11.8 Å². The van der Waals surface area contributed by atoms with Gasteiger partial charge in [-0.3, -0.25) is 0 Å². The molecule has 0 atom stereocenters. The molecule has 6 nitrogen and oxygen atoms in total.